The summed E-state index contributed by atoms with van der Waals surface area (Å²) >= 11 is 0. The molecule has 2 aromatic carbocycles. The SMILES string of the molecule is CC(CC(=O)O)OP(=O)(Oc1ccccc1)Oc1ccccc1. The Morgan fingerprint density at radius 2 is 1.43 bits per heavy atom. The molecule has 0 aliphatic carbocycles. The third-order valence-electron chi connectivity index (χ3n) is 2.69. The summed E-state index contributed by atoms with van der Waals surface area (Å²) in [6, 6.07) is 16.8. The van der Waals surface area contributed by atoms with Crippen molar-refractivity contribution in [2.75, 3.05) is 0 Å². The highest BCUT2D eigenvalue weighted by Crippen LogP contribution is 2.50. The van der Waals surface area contributed by atoms with Gasteiger partial charge in [0.15, 0.2) is 0 Å². The quantitative estimate of drug-likeness (QED) is 0.730. The van der Waals surface area contributed by atoms with Gasteiger partial charge in [-0.05, 0) is 31.2 Å². The standard InChI is InChI=1S/C16H17O6P/c1-13(12-16(17)18)20-23(19,21-14-8-4-2-5-9-14)22-15-10-6-3-7-11-15/h2-11,13H,12H2,1H3,(H,17,18). The molecule has 6 nitrogen and oxygen atoms in total. The Morgan fingerprint density at radius 1 is 1.00 bits per heavy atom. The lowest BCUT2D eigenvalue weighted by Crippen LogP contribution is -2.16. The van der Waals surface area contributed by atoms with Crippen molar-refractivity contribution in [3.8, 4) is 11.5 Å². The van der Waals surface area contributed by atoms with Gasteiger partial charge in [0.1, 0.15) is 11.5 Å². The summed E-state index contributed by atoms with van der Waals surface area (Å²) < 4.78 is 28.9. The van der Waals surface area contributed by atoms with E-state index >= 15 is 0 Å². The van der Waals surface area contributed by atoms with Crippen molar-refractivity contribution < 1.29 is 28.0 Å². The normalized spacial score (nSPS) is 12.4. The molecule has 0 aliphatic heterocycles. The summed E-state index contributed by atoms with van der Waals surface area (Å²) in [5, 5.41) is 8.81. The molecule has 2 aromatic rings. The average Bonchev–Trinajstić information content (AvgIpc) is 2.47. The van der Waals surface area contributed by atoms with Gasteiger partial charge in [-0.25, -0.2) is 4.57 Å². The third-order valence-corrected chi connectivity index (χ3v) is 4.18. The molecule has 0 saturated carbocycles. The number of carboxylic acid groups (broad SMARTS) is 1. The van der Waals surface area contributed by atoms with E-state index in [-0.39, 0.29) is 6.42 Å². The molecule has 2 rings (SSSR count). The average molecular weight is 336 g/mol. The van der Waals surface area contributed by atoms with Crippen molar-refractivity contribution in [3.05, 3.63) is 60.7 Å². The van der Waals surface area contributed by atoms with Gasteiger partial charge in [0, 0.05) is 0 Å². The van der Waals surface area contributed by atoms with Gasteiger partial charge in [-0.2, -0.15) is 0 Å². The minimum absolute atomic E-state index is 0.300. The number of hydrogen-bond donors (Lipinski definition) is 1. The van der Waals surface area contributed by atoms with Crippen molar-refractivity contribution in [1.82, 2.24) is 0 Å². The summed E-state index contributed by atoms with van der Waals surface area (Å²) in [5.74, 6) is -0.466. The van der Waals surface area contributed by atoms with Crippen LogP contribution in [0.5, 0.6) is 11.5 Å². The van der Waals surface area contributed by atoms with Crippen LogP contribution in [0, 0.1) is 0 Å². The minimum Gasteiger partial charge on any atom is -0.481 e. The molecule has 122 valence electrons. The molecule has 0 fully saturated rings. The second-order valence-corrected chi connectivity index (χ2v) is 6.24. The second-order valence-electron chi connectivity index (χ2n) is 4.77. The van der Waals surface area contributed by atoms with E-state index in [4.69, 9.17) is 18.7 Å². The number of hydrogen-bond acceptors (Lipinski definition) is 5. The third kappa shape index (κ3) is 5.77. The Kier molecular flexibility index (Phi) is 5.79. The first-order chi connectivity index (χ1) is 11.0. The Morgan fingerprint density at radius 3 is 1.83 bits per heavy atom. The maximum absolute atomic E-state index is 12.9. The maximum Gasteiger partial charge on any atom is 0.587 e. The van der Waals surface area contributed by atoms with Gasteiger partial charge in [-0.1, -0.05) is 36.4 Å². The zero-order valence-electron chi connectivity index (χ0n) is 12.5. The predicted molar refractivity (Wildman–Crippen MR) is 84.5 cm³/mol. The zero-order chi connectivity index (χ0) is 16.7. The fourth-order valence-corrected chi connectivity index (χ4v) is 3.18. The van der Waals surface area contributed by atoms with Gasteiger partial charge in [-0.3, -0.25) is 9.32 Å². The molecule has 0 spiro atoms. The highest BCUT2D eigenvalue weighted by Gasteiger charge is 2.34. The van der Waals surface area contributed by atoms with Gasteiger partial charge < -0.3 is 14.2 Å². The van der Waals surface area contributed by atoms with E-state index in [0.29, 0.717) is 11.5 Å². The fraction of sp³-hybridized carbons (Fsp3) is 0.188. The first-order valence-corrected chi connectivity index (χ1v) is 8.42. The zero-order valence-corrected chi connectivity index (χ0v) is 13.4. The Hall–Kier alpha value is -2.30. The lowest BCUT2D eigenvalue weighted by Gasteiger charge is -2.21. The van der Waals surface area contributed by atoms with Crippen LogP contribution in [0.2, 0.25) is 0 Å². The molecular weight excluding hydrogens is 319 g/mol. The van der Waals surface area contributed by atoms with E-state index in [1.54, 1.807) is 60.7 Å². The van der Waals surface area contributed by atoms with E-state index in [1.165, 1.54) is 6.92 Å². The lowest BCUT2D eigenvalue weighted by molar-refractivity contribution is -0.138. The van der Waals surface area contributed by atoms with Crippen LogP contribution in [-0.4, -0.2) is 17.2 Å². The summed E-state index contributed by atoms with van der Waals surface area (Å²) in [4.78, 5) is 10.8. The molecule has 23 heavy (non-hydrogen) atoms. The van der Waals surface area contributed by atoms with Crippen LogP contribution in [-0.2, 0) is 13.9 Å². The monoisotopic (exact) mass is 336 g/mol. The van der Waals surface area contributed by atoms with Gasteiger partial charge in [0.2, 0.25) is 0 Å². The Labute approximate surface area is 134 Å². The largest absolute Gasteiger partial charge is 0.587 e. The van der Waals surface area contributed by atoms with Crippen molar-refractivity contribution >= 4 is 13.8 Å². The van der Waals surface area contributed by atoms with Crippen LogP contribution in [0.25, 0.3) is 0 Å². The number of phosphoric ester groups is 1. The molecule has 0 saturated heterocycles. The lowest BCUT2D eigenvalue weighted by atomic mass is 10.3. The highest BCUT2D eigenvalue weighted by atomic mass is 31.2. The number of benzene rings is 2. The number of aliphatic carboxylic acids is 1. The minimum atomic E-state index is -4.04. The van der Waals surface area contributed by atoms with Crippen LogP contribution >= 0.6 is 7.82 Å². The molecule has 0 aromatic heterocycles. The smallest absolute Gasteiger partial charge is 0.481 e. The van der Waals surface area contributed by atoms with E-state index in [9.17, 15) is 9.36 Å². The predicted octanol–water partition coefficient (Wildman–Crippen LogP) is 4.13. The van der Waals surface area contributed by atoms with Crippen LogP contribution < -0.4 is 9.05 Å². The van der Waals surface area contributed by atoms with Gasteiger partial charge >= 0.3 is 13.8 Å². The summed E-state index contributed by atoms with van der Waals surface area (Å²) in [6.45, 7) is 1.49. The molecule has 0 heterocycles. The van der Waals surface area contributed by atoms with Gasteiger partial charge in [-0.15, -0.1) is 0 Å². The molecule has 1 unspecified atom stereocenters. The van der Waals surface area contributed by atoms with E-state index in [1.807, 2.05) is 0 Å². The number of carboxylic acids is 1. The van der Waals surface area contributed by atoms with Crippen molar-refractivity contribution in [2.24, 2.45) is 0 Å². The van der Waals surface area contributed by atoms with Gasteiger partial charge in [0.05, 0.1) is 12.5 Å². The van der Waals surface area contributed by atoms with E-state index < -0.39 is 19.9 Å². The molecule has 0 radical (unpaired) electrons. The van der Waals surface area contributed by atoms with Crippen molar-refractivity contribution in [3.63, 3.8) is 0 Å². The first kappa shape index (κ1) is 17.1. The summed E-state index contributed by atoms with van der Waals surface area (Å²) in [5.41, 5.74) is 0. The highest BCUT2D eigenvalue weighted by molar-refractivity contribution is 7.49. The molecular formula is C16H17O6P. The number of carbonyl (C=O) groups is 1. The molecule has 0 amide bonds. The van der Waals surface area contributed by atoms with Crippen LogP contribution in [0.4, 0.5) is 0 Å². The van der Waals surface area contributed by atoms with Crippen molar-refractivity contribution in [2.45, 2.75) is 19.4 Å². The fourth-order valence-electron chi connectivity index (χ4n) is 1.79. The summed E-state index contributed by atoms with van der Waals surface area (Å²) in [6.07, 6.45) is -1.16. The topological polar surface area (TPSA) is 82.1 Å². The molecule has 0 aliphatic rings. The summed E-state index contributed by atoms with van der Waals surface area (Å²) in [7, 11) is -4.04. The number of para-hydroxylation sites is 2. The molecule has 7 heteroatoms. The first-order valence-electron chi connectivity index (χ1n) is 6.96. The Bertz CT molecular complexity index is 628. The maximum atomic E-state index is 12.9. The van der Waals surface area contributed by atoms with E-state index in [0.717, 1.165) is 0 Å². The molecule has 0 bridgehead atoms. The van der Waals surface area contributed by atoms with Crippen molar-refractivity contribution in [1.29, 1.82) is 0 Å². The second kappa shape index (κ2) is 7.81. The van der Waals surface area contributed by atoms with Gasteiger partial charge in [0.25, 0.3) is 0 Å². The number of rotatable bonds is 8. The number of phosphoric acid groups is 1. The van der Waals surface area contributed by atoms with E-state index in [2.05, 4.69) is 0 Å². The molecule has 1 N–H and O–H groups in total. The van der Waals surface area contributed by atoms with Crippen LogP contribution in [0.3, 0.4) is 0 Å². The Balaban J connectivity index is 2.19. The van der Waals surface area contributed by atoms with Crippen LogP contribution in [0.1, 0.15) is 13.3 Å². The van der Waals surface area contributed by atoms with Crippen LogP contribution in [0.15, 0.2) is 60.7 Å². The molecule has 1 atom stereocenters.